The molecule has 0 bridgehead atoms. The van der Waals surface area contributed by atoms with Crippen molar-refractivity contribution < 1.29 is 9.53 Å². The predicted octanol–water partition coefficient (Wildman–Crippen LogP) is 2.76. The van der Waals surface area contributed by atoms with Crippen molar-refractivity contribution in [1.82, 2.24) is 15.6 Å². The first kappa shape index (κ1) is 21.4. The van der Waals surface area contributed by atoms with Crippen LogP contribution in [0.15, 0.2) is 48.8 Å². The Morgan fingerprint density at radius 1 is 1.16 bits per heavy atom. The number of rotatable bonds is 4. The molecular formula is C18H23Cl2N3O2. The van der Waals surface area contributed by atoms with Gasteiger partial charge < -0.3 is 15.4 Å². The number of benzene rings is 1. The Morgan fingerprint density at radius 3 is 2.40 bits per heavy atom. The van der Waals surface area contributed by atoms with Gasteiger partial charge in [0.25, 0.3) is 5.91 Å². The van der Waals surface area contributed by atoms with E-state index >= 15 is 0 Å². The number of hydrogen-bond acceptors (Lipinski definition) is 4. The second-order valence-electron chi connectivity index (χ2n) is 5.65. The Balaban J connectivity index is 0.00000156. The lowest BCUT2D eigenvalue weighted by Gasteiger charge is -2.24. The van der Waals surface area contributed by atoms with E-state index in [0.29, 0.717) is 13.2 Å². The van der Waals surface area contributed by atoms with Gasteiger partial charge in [-0.1, -0.05) is 24.3 Å². The fourth-order valence-electron chi connectivity index (χ4n) is 2.63. The molecule has 136 valence electrons. The van der Waals surface area contributed by atoms with E-state index in [1.807, 2.05) is 31.2 Å². The Hall–Kier alpha value is -1.66. The van der Waals surface area contributed by atoms with Gasteiger partial charge in [0.2, 0.25) is 0 Å². The summed E-state index contributed by atoms with van der Waals surface area (Å²) in [5.41, 5.74) is 3.33. The molecule has 1 aliphatic heterocycles. The Kier molecular flexibility index (Phi) is 8.86. The molecule has 2 unspecified atom stereocenters. The SMILES string of the molecule is CC(NC(=O)C1CNCCO1)c1ccc(-c2ccncc2)cc1.Cl.Cl. The molecule has 1 fully saturated rings. The van der Waals surface area contributed by atoms with Crippen LogP contribution in [0.1, 0.15) is 18.5 Å². The molecule has 7 heteroatoms. The van der Waals surface area contributed by atoms with Crippen molar-refractivity contribution in [2.24, 2.45) is 0 Å². The lowest BCUT2D eigenvalue weighted by molar-refractivity contribution is -0.134. The lowest BCUT2D eigenvalue weighted by atomic mass is 10.0. The topological polar surface area (TPSA) is 63.2 Å². The number of carbonyl (C=O) groups excluding carboxylic acids is 1. The van der Waals surface area contributed by atoms with Gasteiger partial charge in [0.05, 0.1) is 12.6 Å². The van der Waals surface area contributed by atoms with Gasteiger partial charge in [-0.15, -0.1) is 24.8 Å². The average molecular weight is 384 g/mol. The van der Waals surface area contributed by atoms with Crippen LogP contribution >= 0.6 is 24.8 Å². The number of aromatic nitrogens is 1. The monoisotopic (exact) mass is 383 g/mol. The summed E-state index contributed by atoms with van der Waals surface area (Å²) in [5.74, 6) is -0.0667. The number of halogens is 2. The number of morpholine rings is 1. The summed E-state index contributed by atoms with van der Waals surface area (Å²) >= 11 is 0. The van der Waals surface area contributed by atoms with Crippen molar-refractivity contribution in [3.63, 3.8) is 0 Å². The smallest absolute Gasteiger partial charge is 0.250 e. The number of amides is 1. The van der Waals surface area contributed by atoms with Crippen molar-refractivity contribution >= 4 is 30.7 Å². The van der Waals surface area contributed by atoms with E-state index in [1.54, 1.807) is 12.4 Å². The molecular weight excluding hydrogens is 361 g/mol. The van der Waals surface area contributed by atoms with Crippen LogP contribution in [0, 0.1) is 0 Å². The van der Waals surface area contributed by atoms with Crippen LogP contribution in [0.2, 0.25) is 0 Å². The van der Waals surface area contributed by atoms with E-state index in [1.165, 1.54) is 0 Å². The predicted molar refractivity (Wildman–Crippen MR) is 103 cm³/mol. The fourth-order valence-corrected chi connectivity index (χ4v) is 2.63. The normalized spacial score (nSPS) is 17.6. The molecule has 0 spiro atoms. The summed E-state index contributed by atoms with van der Waals surface area (Å²) in [5, 5.41) is 6.17. The quantitative estimate of drug-likeness (QED) is 0.851. The first-order chi connectivity index (χ1) is 11.2. The van der Waals surface area contributed by atoms with E-state index in [9.17, 15) is 4.79 Å². The Bertz CT molecular complexity index is 647. The zero-order chi connectivity index (χ0) is 16.1. The number of carbonyl (C=O) groups is 1. The van der Waals surface area contributed by atoms with Gasteiger partial charge in [-0.2, -0.15) is 0 Å². The van der Waals surface area contributed by atoms with Gasteiger partial charge in [0.1, 0.15) is 6.10 Å². The molecule has 1 saturated heterocycles. The highest BCUT2D eigenvalue weighted by atomic mass is 35.5. The van der Waals surface area contributed by atoms with Gasteiger partial charge in [0, 0.05) is 25.5 Å². The third-order valence-corrected chi connectivity index (χ3v) is 4.00. The summed E-state index contributed by atoms with van der Waals surface area (Å²) in [6.45, 7) is 3.93. The van der Waals surface area contributed by atoms with Crippen LogP contribution in [-0.2, 0) is 9.53 Å². The van der Waals surface area contributed by atoms with E-state index < -0.39 is 6.10 Å². The maximum absolute atomic E-state index is 12.2. The van der Waals surface area contributed by atoms with Gasteiger partial charge in [0.15, 0.2) is 0 Å². The molecule has 0 radical (unpaired) electrons. The summed E-state index contributed by atoms with van der Waals surface area (Å²) in [4.78, 5) is 16.2. The number of nitrogens with one attached hydrogen (secondary N) is 2. The van der Waals surface area contributed by atoms with E-state index in [0.717, 1.165) is 23.2 Å². The fraction of sp³-hybridized carbons (Fsp3) is 0.333. The third kappa shape index (κ3) is 5.68. The molecule has 0 saturated carbocycles. The first-order valence-corrected chi connectivity index (χ1v) is 7.87. The minimum Gasteiger partial charge on any atom is -0.366 e. The van der Waals surface area contributed by atoms with Crippen LogP contribution in [0.25, 0.3) is 11.1 Å². The van der Waals surface area contributed by atoms with Crippen molar-refractivity contribution in [1.29, 1.82) is 0 Å². The van der Waals surface area contributed by atoms with E-state index in [-0.39, 0.29) is 36.8 Å². The first-order valence-electron chi connectivity index (χ1n) is 7.87. The molecule has 1 amide bonds. The highest BCUT2D eigenvalue weighted by Crippen LogP contribution is 2.21. The highest BCUT2D eigenvalue weighted by molar-refractivity contribution is 5.85. The van der Waals surface area contributed by atoms with Gasteiger partial charge in [-0.3, -0.25) is 9.78 Å². The molecule has 2 aromatic rings. The van der Waals surface area contributed by atoms with E-state index in [2.05, 4.69) is 27.8 Å². The Morgan fingerprint density at radius 2 is 1.80 bits per heavy atom. The summed E-state index contributed by atoms with van der Waals surface area (Å²) in [6.07, 6.45) is 3.16. The van der Waals surface area contributed by atoms with Crippen LogP contribution in [-0.4, -0.2) is 36.7 Å². The summed E-state index contributed by atoms with van der Waals surface area (Å²) in [7, 11) is 0. The number of hydrogen-bond donors (Lipinski definition) is 2. The minimum atomic E-state index is -0.401. The van der Waals surface area contributed by atoms with E-state index in [4.69, 9.17) is 4.74 Å². The lowest BCUT2D eigenvalue weighted by Crippen LogP contribution is -2.48. The van der Waals surface area contributed by atoms with Gasteiger partial charge in [-0.25, -0.2) is 0 Å². The molecule has 2 N–H and O–H groups in total. The Labute approximate surface area is 160 Å². The molecule has 1 aliphatic rings. The molecule has 3 rings (SSSR count). The van der Waals surface area contributed by atoms with Gasteiger partial charge in [-0.05, 0) is 35.7 Å². The molecule has 1 aromatic carbocycles. The van der Waals surface area contributed by atoms with Crippen molar-refractivity contribution in [3.05, 3.63) is 54.4 Å². The third-order valence-electron chi connectivity index (χ3n) is 4.00. The standard InChI is InChI=1S/C18H21N3O2.2ClH/c1-13(21-18(22)17-12-20-10-11-23-17)14-2-4-15(5-3-14)16-6-8-19-9-7-16;;/h2-9,13,17,20H,10-12H2,1H3,(H,21,22);2*1H. The maximum atomic E-state index is 12.2. The minimum absolute atomic E-state index is 0. The van der Waals surface area contributed by atoms with Crippen molar-refractivity contribution in [3.8, 4) is 11.1 Å². The number of nitrogens with zero attached hydrogens (tertiary/aromatic N) is 1. The molecule has 0 aliphatic carbocycles. The average Bonchev–Trinajstić information content (AvgIpc) is 2.63. The maximum Gasteiger partial charge on any atom is 0.250 e. The number of pyridine rings is 1. The number of ether oxygens (including phenoxy) is 1. The largest absolute Gasteiger partial charge is 0.366 e. The second kappa shape index (κ2) is 10.4. The highest BCUT2D eigenvalue weighted by Gasteiger charge is 2.23. The van der Waals surface area contributed by atoms with Crippen molar-refractivity contribution in [2.75, 3.05) is 19.7 Å². The van der Waals surface area contributed by atoms with Crippen LogP contribution in [0.4, 0.5) is 0 Å². The van der Waals surface area contributed by atoms with Gasteiger partial charge >= 0.3 is 0 Å². The summed E-state index contributed by atoms with van der Waals surface area (Å²) in [6, 6.07) is 12.1. The molecule has 25 heavy (non-hydrogen) atoms. The zero-order valence-corrected chi connectivity index (χ0v) is 15.6. The molecule has 2 atom stereocenters. The zero-order valence-electron chi connectivity index (χ0n) is 14.0. The van der Waals surface area contributed by atoms with Crippen molar-refractivity contribution in [2.45, 2.75) is 19.1 Å². The molecule has 2 heterocycles. The van der Waals surface area contributed by atoms with Crippen LogP contribution < -0.4 is 10.6 Å². The molecule has 5 nitrogen and oxygen atoms in total. The second-order valence-corrected chi connectivity index (χ2v) is 5.65. The van der Waals surface area contributed by atoms with Crippen LogP contribution in [0.3, 0.4) is 0 Å². The molecule has 1 aromatic heterocycles. The summed E-state index contributed by atoms with van der Waals surface area (Å²) < 4.78 is 5.47. The van der Waals surface area contributed by atoms with Crippen LogP contribution in [0.5, 0.6) is 0 Å².